The summed E-state index contributed by atoms with van der Waals surface area (Å²) in [6.07, 6.45) is 5.19. The van der Waals surface area contributed by atoms with Crippen LogP contribution in [0.25, 0.3) is 0 Å². The van der Waals surface area contributed by atoms with Gasteiger partial charge in [-0.05, 0) is 6.42 Å². The summed E-state index contributed by atoms with van der Waals surface area (Å²) in [4.78, 5) is 6.77. The molecule has 0 bridgehead atoms. The normalized spacial score (nSPS) is 12.3. The van der Waals surface area contributed by atoms with E-state index in [-0.39, 0.29) is 0 Å². The minimum absolute atomic E-state index is 0.538. The van der Waals surface area contributed by atoms with E-state index < -0.39 is 0 Å². The third-order valence-electron chi connectivity index (χ3n) is 2.26. The Morgan fingerprint density at radius 2 is 1.79 bits per heavy atom. The summed E-state index contributed by atoms with van der Waals surface area (Å²) >= 11 is 0. The predicted octanol–water partition coefficient (Wildman–Crippen LogP) is 3.18. The van der Waals surface area contributed by atoms with Crippen molar-refractivity contribution in [2.24, 2.45) is 10.9 Å². The quantitative estimate of drug-likeness (QED) is 0.363. The van der Waals surface area contributed by atoms with Crippen molar-refractivity contribution in [1.82, 2.24) is 4.90 Å². The number of unbranched alkanes of at least 4 members (excludes halogenated alkanes) is 3. The topological polar surface area (TPSA) is 15.6 Å². The van der Waals surface area contributed by atoms with E-state index in [0.717, 1.165) is 6.54 Å². The van der Waals surface area contributed by atoms with Crippen LogP contribution < -0.4 is 0 Å². The molecule has 0 saturated heterocycles. The number of aliphatic imine (C=N–C) groups is 1. The Kier molecular flexibility index (Phi) is 7.54. The largest absolute Gasteiger partial charge is 0.366 e. The molecular formula is C12H26N2. The Hall–Kier alpha value is -0.530. The molecule has 0 N–H and O–H groups in total. The summed E-state index contributed by atoms with van der Waals surface area (Å²) < 4.78 is 0. The zero-order valence-electron chi connectivity index (χ0n) is 10.5. The Bertz CT molecular complexity index is 150. The number of rotatable bonds is 6. The Labute approximate surface area is 89.4 Å². The average molecular weight is 198 g/mol. The van der Waals surface area contributed by atoms with Gasteiger partial charge in [0.05, 0.1) is 0 Å². The molecule has 14 heavy (non-hydrogen) atoms. The maximum absolute atomic E-state index is 4.64. The molecular weight excluding hydrogens is 172 g/mol. The van der Waals surface area contributed by atoms with Gasteiger partial charge < -0.3 is 4.90 Å². The lowest BCUT2D eigenvalue weighted by Crippen LogP contribution is -2.27. The number of hydrogen-bond donors (Lipinski definition) is 0. The zero-order chi connectivity index (χ0) is 11.0. The van der Waals surface area contributed by atoms with E-state index in [0.29, 0.717) is 5.92 Å². The second-order valence-corrected chi connectivity index (χ2v) is 4.35. The van der Waals surface area contributed by atoms with Gasteiger partial charge in [-0.25, -0.2) is 0 Å². The molecule has 84 valence electrons. The molecule has 0 aliphatic rings. The van der Waals surface area contributed by atoms with Gasteiger partial charge in [-0.3, -0.25) is 4.99 Å². The number of nitrogens with zero attached hydrogens (tertiary/aromatic N) is 2. The van der Waals surface area contributed by atoms with Gasteiger partial charge in [-0.2, -0.15) is 0 Å². The highest BCUT2D eigenvalue weighted by Gasteiger charge is 2.05. The first-order valence-electron chi connectivity index (χ1n) is 5.81. The van der Waals surface area contributed by atoms with Crippen molar-refractivity contribution in [3.8, 4) is 0 Å². The molecule has 0 aromatic carbocycles. The van der Waals surface area contributed by atoms with E-state index in [1.54, 1.807) is 0 Å². The fraction of sp³-hybridized carbons (Fsp3) is 0.917. The summed E-state index contributed by atoms with van der Waals surface area (Å²) in [5.41, 5.74) is 0. The summed E-state index contributed by atoms with van der Waals surface area (Å²) in [6.45, 7) is 7.63. The van der Waals surface area contributed by atoms with Crippen LogP contribution in [0.3, 0.4) is 0 Å². The molecule has 0 atom stereocenters. The Balaban J connectivity index is 3.80. The lowest BCUT2D eigenvalue weighted by atomic mass is 10.2. The van der Waals surface area contributed by atoms with E-state index >= 15 is 0 Å². The monoisotopic (exact) mass is 198 g/mol. The van der Waals surface area contributed by atoms with Crippen molar-refractivity contribution in [2.75, 3.05) is 20.6 Å². The minimum atomic E-state index is 0.538. The molecule has 0 spiro atoms. The summed E-state index contributed by atoms with van der Waals surface area (Å²) in [5.74, 6) is 1.76. The van der Waals surface area contributed by atoms with Gasteiger partial charge in [0, 0.05) is 26.6 Å². The van der Waals surface area contributed by atoms with Crippen molar-refractivity contribution in [3.05, 3.63) is 0 Å². The fourth-order valence-corrected chi connectivity index (χ4v) is 1.57. The van der Waals surface area contributed by atoms with Crippen LogP contribution in [0.2, 0.25) is 0 Å². The third-order valence-corrected chi connectivity index (χ3v) is 2.26. The van der Waals surface area contributed by atoms with Crippen molar-refractivity contribution in [3.63, 3.8) is 0 Å². The number of hydrogen-bond acceptors (Lipinski definition) is 1. The first-order valence-corrected chi connectivity index (χ1v) is 5.81. The van der Waals surface area contributed by atoms with E-state index in [1.165, 1.54) is 31.5 Å². The minimum Gasteiger partial charge on any atom is -0.366 e. The highest BCUT2D eigenvalue weighted by atomic mass is 15.1. The van der Waals surface area contributed by atoms with Gasteiger partial charge in [0.2, 0.25) is 0 Å². The standard InChI is InChI=1S/C12H26N2/c1-6-7-8-9-10-13-12(11(2)3)14(4)5/h11H,6-10H2,1-5H3. The van der Waals surface area contributed by atoms with Crippen molar-refractivity contribution in [2.45, 2.75) is 46.5 Å². The molecule has 2 nitrogen and oxygen atoms in total. The second-order valence-electron chi connectivity index (χ2n) is 4.35. The highest BCUT2D eigenvalue weighted by molar-refractivity contribution is 5.83. The summed E-state index contributed by atoms with van der Waals surface area (Å²) in [5, 5.41) is 0. The molecule has 2 heteroatoms. The molecule has 0 fully saturated rings. The first kappa shape index (κ1) is 13.5. The molecule has 0 heterocycles. The van der Waals surface area contributed by atoms with Crippen molar-refractivity contribution >= 4 is 5.84 Å². The molecule has 0 aromatic heterocycles. The SMILES string of the molecule is CCCCCCN=C(C(C)C)N(C)C. The van der Waals surface area contributed by atoms with Crippen LogP contribution in [0.15, 0.2) is 4.99 Å². The maximum atomic E-state index is 4.64. The Morgan fingerprint density at radius 1 is 1.14 bits per heavy atom. The van der Waals surface area contributed by atoms with Gasteiger partial charge in [-0.15, -0.1) is 0 Å². The molecule has 0 rings (SSSR count). The van der Waals surface area contributed by atoms with Crippen molar-refractivity contribution in [1.29, 1.82) is 0 Å². The molecule has 0 unspecified atom stereocenters. The van der Waals surface area contributed by atoms with Crippen molar-refractivity contribution < 1.29 is 0 Å². The molecule has 0 amide bonds. The molecule has 0 aromatic rings. The average Bonchev–Trinajstić information content (AvgIpc) is 2.09. The van der Waals surface area contributed by atoms with E-state index in [4.69, 9.17) is 0 Å². The first-order chi connectivity index (χ1) is 6.59. The lowest BCUT2D eigenvalue weighted by Gasteiger charge is -2.19. The van der Waals surface area contributed by atoms with Gasteiger partial charge in [0.1, 0.15) is 5.84 Å². The zero-order valence-corrected chi connectivity index (χ0v) is 10.5. The van der Waals surface area contributed by atoms with E-state index in [2.05, 4.69) is 44.8 Å². The van der Waals surface area contributed by atoms with Crippen LogP contribution in [0, 0.1) is 5.92 Å². The Morgan fingerprint density at radius 3 is 2.21 bits per heavy atom. The third kappa shape index (κ3) is 6.01. The van der Waals surface area contributed by atoms with Crippen LogP contribution in [-0.2, 0) is 0 Å². The highest BCUT2D eigenvalue weighted by Crippen LogP contribution is 2.03. The second kappa shape index (κ2) is 7.84. The van der Waals surface area contributed by atoms with Crippen LogP contribution in [0.5, 0.6) is 0 Å². The summed E-state index contributed by atoms with van der Waals surface area (Å²) in [6, 6.07) is 0. The van der Waals surface area contributed by atoms with Gasteiger partial charge in [0.25, 0.3) is 0 Å². The van der Waals surface area contributed by atoms with Gasteiger partial charge >= 0.3 is 0 Å². The van der Waals surface area contributed by atoms with Gasteiger partial charge in [0.15, 0.2) is 0 Å². The smallest absolute Gasteiger partial charge is 0.101 e. The van der Waals surface area contributed by atoms with Crippen LogP contribution in [0.1, 0.15) is 46.5 Å². The molecule has 0 saturated carbocycles. The molecule has 0 aliphatic heterocycles. The molecule has 0 aliphatic carbocycles. The van der Waals surface area contributed by atoms with E-state index in [9.17, 15) is 0 Å². The van der Waals surface area contributed by atoms with Gasteiger partial charge in [-0.1, -0.05) is 40.0 Å². The summed E-state index contributed by atoms with van der Waals surface area (Å²) in [7, 11) is 4.15. The van der Waals surface area contributed by atoms with E-state index in [1.807, 2.05) is 0 Å². The number of amidine groups is 1. The molecule has 0 radical (unpaired) electrons. The lowest BCUT2D eigenvalue weighted by molar-refractivity contribution is 0.565. The maximum Gasteiger partial charge on any atom is 0.101 e. The fourth-order valence-electron chi connectivity index (χ4n) is 1.57. The van der Waals surface area contributed by atoms with Crippen LogP contribution >= 0.6 is 0 Å². The van der Waals surface area contributed by atoms with Crippen LogP contribution in [-0.4, -0.2) is 31.4 Å². The predicted molar refractivity (Wildman–Crippen MR) is 65.0 cm³/mol. The van der Waals surface area contributed by atoms with Crippen LogP contribution in [0.4, 0.5) is 0 Å².